The minimum absolute atomic E-state index is 0.0153. The smallest absolute Gasteiger partial charge is 0.317 e. The summed E-state index contributed by atoms with van der Waals surface area (Å²) in [5.74, 6) is 0.157. The molecule has 0 saturated carbocycles. The van der Waals surface area contributed by atoms with E-state index >= 15 is 0 Å². The molecule has 32 heavy (non-hydrogen) atoms. The van der Waals surface area contributed by atoms with Crippen molar-refractivity contribution in [3.05, 3.63) is 65.7 Å². The molecule has 4 atom stereocenters. The summed E-state index contributed by atoms with van der Waals surface area (Å²) in [4.78, 5) is 21.4. The van der Waals surface area contributed by atoms with Crippen molar-refractivity contribution >= 4 is 6.03 Å². The van der Waals surface area contributed by atoms with Crippen LogP contribution < -0.4 is 16.2 Å². The molecule has 3 aliphatic heterocycles. The first-order valence-corrected chi connectivity index (χ1v) is 11.6. The largest absolute Gasteiger partial charge is 0.334 e. The lowest BCUT2D eigenvalue weighted by molar-refractivity contribution is 0.139. The number of benzene rings is 1. The van der Waals surface area contributed by atoms with Crippen LogP contribution >= 0.6 is 0 Å². The minimum atomic E-state index is -0.163. The molecule has 0 spiro atoms. The van der Waals surface area contributed by atoms with E-state index in [0.717, 1.165) is 45.4 Å². The molecular formula is C24H31FN6O. The first-order chi connectivity index (χ1) is 15.7. The summed E-state index contributed by atoms with van der Waals surface area (Å²) in [5.41, 5.74) is 8.74. The van der Waals surface area contributed by atoms with Gasteiger partial charge in [0.2, 0.25) is 0 Å². The highest BCUT2D eigenvalue weighted by Gasteiger charge is 2.41. The molecule has 3 N–H and O–H groups in total. The number of urea groups is 1. The Hall–Kier alpha value is -2.55. The van der Waals surface area contributed by atoms with Crippen molar-refractivity contribution in [2.45, 2.75) is 43.9 Å². The van der Waals surface area contributed by atoms with E-state index in [1.165, 1.54) is 11.6 Å². The van der Waals surface area contributed by atoms with Crippen LogP contribution in [0.25, 0.3) is 0 Å². The molecule has 7 nitrogen and oxygen atoms in total. The van der Waals surface area contributed by atoms with Crippen LogP contribution in [0.4, 0.5) is 9.18 Å². The number of hydrogen-bond acceptors (Lipinski definition) is 5. The van der Waals surface area contributed by atoms with Crippen molar-refractivity contribution in [1.82, 2.24) is 31.0 Å². The topological polar surface area (TPSA) is 72.5 Å². The lowest BCUT2D eigenvalue weighted by atomic mass is 9.85. The zero-order valence-corrected chi connectivity index (χ0v) is 18.2. The van der Waals surface area contributed by atoms with Crippen LogP contribution in [-0.4, -0.2) is 59.1 Å². The summed E-state index contributed by atoms with van der Waals surface area (Å²) in [5, 5.41) is 3.25. The van der Waals surface area contributed by atoms with Gasteiger partial charge in [0.25, 0.3) is 0 Å². The third-order valence-electron chi connectivity index (χ3n) is 7.05. The molecular weight excluding hydrogens is 407 g/mol. The maximum absolute atomic E-state index is 14.0. The van der Waals surface area contributed by atoms with E-state index in [1.54, 1.807) is 6.07 Å². The van der Waals surface area contributed by atoms with Crippen molar-refractivity contribution < 1.29 is 9.18 Å². The first kappa shape index (κ1) is 21.3. The maximum atomic E-state index is 14.0. The fraction of sp³-hybridized carbons (Fsp3) is 0.500. The Balaban J connectivity index is 1.17. The lowest BCUT2D eigenvalue weighted by Crippen LogP contribution is -2.55. The highest BCUT2D eigenvalue weighted by Crippen LogP contribution is 2.33. The predicted molar refractivity (Wildman–Crippen MR) is 120 cm³/mol. The fourth-order valence-electron chi connectivity index (χ4n) is 5.34. The molecule has 3 saturated heterocycles. The number of rotatable bonds is 4. The number of fused-ring (bicyclic) bond motifs is 1. The zero-order valence-electron chi connectivity index (χ0n) is 18.2. The third kappa shape index (κ3) is 4.62. The quantitative estimate of drug-likeness (QED) is 0.684. The van der Waals surface area contributed by atoms with E-state index in [-0.39, 0.29) is 23.9 Å². The van der Waals surface area contributed by atoms with Gasteiger partial charge in [-0.05, 0) is 49.6 Å². The number of pyridine rings is 1. The molecule has 3 fully saturated rings. The van der Waals surface area contributed by atoms with Crippen LogP contribution in [-0.2, 0) is 6.54 Å². The van der Waals surface area contributed by atoms with Crippen LogP contribution in [0.5, 0.6) is 0 Å². The van der Waals surface area contributed by atoms with Gasteiger partial charge in [-0.2, -0.15) is 0 Å². The van der Waals surface area contributed by atoms with E-state index < -0.39 is 0 Å². The summed E-state index contributed by atoms with van der Waals surface area (Å²) in [6.45, 7) is 3.73. The summed E-state index contributed by atoms with van der Waals surface area (Å²) in [7, 11) is 0. The maximum Gasteiger partial charge on any atom is 0.317 e. The Morgan fingerprint density at radius 1 is 1.09 bits per heavy atom. The van der Waals surface area contributed by atoms with E-state index in [4.69, 9.17) is 0 Å². The Kier molecular flexibility index (Phi) is 6.34. The van der Waals surface area contributed by atoms with Crippen LogP contribution in [0.1, 0.15) is 36.4 Å². The number of amides is 2. The second kappa shape index (κ2) is 9.52. The van der Waals surface area contributed by atoms with Crippen molar-refractivity contribution in [1.29, 1.82) is 0 Å². The molecule has 0 radical (unpaired) electrons. The number of likely N-dealkylation sites (tertiary alicyclic amines) is 2. The minimum Gasteiger partial charge on any atom is -0.334 e. The van der Waals surface area contributed by atoms with Gasteiger partial charge in [-0.1, -0.05) is 18.2 Å². The number of halogens is 1. The van der Waals surface area contributed by atoms with Gasteiger partial charge in [-0.3, -0.25) is 15.3 Å². The lowest BCUT2D eigenvalue weighted by Gasteiger charge is -2.38. The van der Waals surface area contributed by atoms with E-state index in [9.17, 15) is 9.18 Å². The number of hydrogen-bond donors (Lipinski definition) is 3. The van der Waals surface area contributed by atoms with Crippen LogP contribution in [0.2, 0.25) is 0 Å². The van der Waals surface area contributed by atoms with E-state index in [2.05, 4.69) is 26.1 Å². The molecule has 0 aliphatic carbocycles. The average molecular weight is 439 g/mol. The highest BCUT2D eigenvalue weighted by atomic mass is 19.1. The molecule has 8 heteroatoms. The van der Waals surface area contributed by atoms with Gasteiger partial charge >= 0.3 is 6.03 Å². The predicted octanol–water partition coefficient (Wildman–Crippen LogP) is 2.43. The summed E-state index contributed by atoms with van der Waals surface area (Å²) in [6.07, 6.45) is 6.52. The van der Waals surface area contributed by atoms with Gasteiger partial charge in [-0.15, -0.1) is 0 Å². The van der Waals surface area contributed by atoms with E-state index in [1.807, 2.05) is 41.6 Å². The zero-order chi connectivity index (χ0) is 21.9. The molecule has 2 aromatic rings. The number of piperidine rings is 2. The van der Waals surface area contributed by atoms with Gasteiger partial charge in [0.05, 0.1) is 6.04 Å². The molecule has 1 aromatic carbocycles. The van der Waals surface area contributed by atoms with Crippen molar-refractivity contribution in [2.24, 2.45) is 5.92 Å². The van der Waals surface area contributed by atoms with Crippen LogP contribution in [0.3, 0.4) is 0 Å². The molecule has 5 rings (SSSR count). The number of nitrogens with one attached hydrogen (secondary N) is 3. The Labute approximate surface area is 188 Å². The number of carbonyl (C=O) groups excluding carboxylic acids is 1. The van der Waals surface area contributed by atoms with Gasteiger partial charge in [0.1, 0.15) is 5.82 Å². The summed E-state index contributed by atoms with van der Waals surface area (Å²) >= 11 is 0. The van der Waals surface area contributed by atoms with Crippen molar-refractivity contribution in [3.8, 4) is 0 Å². The van der Waals surface area contributed by atoms with Gasteiger partial charge in [-0.25, -0.2) is 14.6 Å². The summed E-state index contributed by atoms with van der Waals surface area (Å²) < 4.78 is 14.0. The number of aromatic nitrogens is 1. The molecule has 0 bridgehead atoms. The number of carbonyl (C=O) groups is 1. The van der Waals surface area contributed by atoms with Crippen molar-refractivity contribution in [3.63, 3.8) is 0 Å². The average Bonchev–Trinajstić information content (AvgIpc) is 3.25. The standard InChI is InChI=1S/C24H31FN6O/c25-21-6-2-1-4-18(21)14-30-12-3-5-19(15-30)27-24(32)31-13-9-22-20(16-31)23(29-28-22)17-7-10-26-11-8-17/h1-2,4,6-8,10-11,19-20,22-23,28-29H,3,5,9,12-16H2,(H,27,32)/t19-,20?,22?,23?/m1/s1. The molecule has 3 aliphatic rings. The van der Waals surface area contributed by atoms with Crippen LogP contribution in [0.15, 0.2) is 48.8 Å². The molecule has 170 valence electrons. The Morgan fingerprint density at radius 3 is 2.78 bits per heavy atom. The summed E-state index contributed by atoms with van der Waals surface area (Å²) in [6, 6.07) is 11.6. The molecule has 3 unspecified atom stereocenters. The fourth-order valence-corrected chi connectivity index (χ4v) is 5.34. The number of nitrogens with zero attached hydrogens (tertiary/aromatic N) is 3. The third-order valence-corrected chi connectivity index (χ3v) is 7.05. The molecule has 4 heterocycles. The van der Waals surface area contributed by atoms with Gasteiger partial charge in [0.15, 0.2) is 0 Å². The Bertz CT molecular complexity index is 928. The molecule has 1 aromatic heterocycles. The number of hydrazine groups is 1. The Morgan fingerprint density at radius 2 is 1.94 bits per heavy atom. The second-order valence-corrected chi connectivity index (χ2v) is 9.17. The SMILES string of the molecule is O=C(N[C@@H]1CCCN(Cc2ccccc2F)C1)N1CCC2NNC(c3ccncc3)C2C1. The van der Waals surface area contributed by atoms with Gasteiger partial charge in [0, 0.05) is 62.1 Å². The first-order valence-electron chi connectivity index (χ1n) is 11.6. The normalized spacial score (nSPS) is 28.3. The van der Waals surface area contributed by atoms with E-state index in [0.29, 0.717) is 24.1 Å². The monoisotopic (exact) mass is 438 g/mol. The van der Waals surface area contributed by atoms with Gasteiger partial charge < -0.3 is 10.2 Å². The second-order valence-electron chi connectivity index (χ2n) is 9.17. The molecule has 2 amide bonds. The highest BCUT2D eigenvalue weighted by molar-refractivity contribution is 5.74. The van der Waals surface area contributed by atoms with Crippen LogP contribution in [0, 0.1) is 11.7 Å². The van der Waals surface area contributed by atoms with Crippen molar-refractivity contribution in [2.75, 3.05) is 26.2 Å².